The maximum Gasteiger partial charge on any atom is 0.249 e. The van der Waals surface area contributed by atoms with Gasteiger partial charge in [0.15, 0.2) is 0 Å². The van der Waals surface area contributed by atoms with Crippen LogP contribution in [0.4, 0.5) is 0 Å². The second-order valence-corrected chi connectivity index (χ2v) is 7.37. The highest BCUT2D eigenvalue weighted by Gasteiger charge is 2.20. The van der Waals surface area contributed by atoms with Gasteiger partial charge < -0.3 is 14.4 Å². The molecule has 0 bridgehead atoms. The number of carbonyl (C=O) groups is 1. The summed E-state index contributed by atoms with van der Waals surface area (Å²) in [7, 11) is 1.54. The van der Waals surface area contributed by atoms with Gasteiger partial charge in [0.05, 0.1) is 12.2 Å². The third-order valence-corrected chi connectivity index (χ3v) is 5.42. The average molecular weight is 377 g/mol. The van der Waals surface area contributed by atoms with Crippen LogP contribution >= 0.6 is 11.3 Å². The second kappa shape index (κ2) is 9.69. The van der Waals surface area contributed by atoms with Crippen LogP contribution in [0.3, 0.4) is 0 Å². The number of aromatic nitrogens is 1. The van der Waals surface area contributed by atoms with Crippen LogP contribution in [0.5, 0.6) is 5.75 Å². The molecule has 0 aliphatic carbocycles. The number of benzene rings is 1. The van der Waals surface area contributed by atoms with Crippen molar-refractivity contribution in [2.45, 2.75) is 53.3 Å². The number of ether oxygens (including phenoxy) is 2. The quantitative estimate of drug-likeness (QED) is 0.661. The molecule has 0 saturated heterocycles. The van der Waals surface area contributed by atoms with Crippen LogP contribution in [0.15, 0.2) is 23.6 Å². The van der Waals surface area contributed by atoms with Crippen molar-refractivity contribution in [1.29, 1.82) is 0 Å². The van der Waals surface area contributed by atoms with Crippen LogP contribution in [0.1, 0.15) is 42.1 Å². The predicted octanol–water partition coefficient (Wildman–Crippen LogP) is 4.11. The van der Waals surface area contributed by atoms with Crippen molar-refractivity contribution >= 4 is 17.2 Å². The molecule has 1 aromatic carbocycles. The first kappa shape index (κ1) is 20.4. The summed E-state index contributed by atoms with van der Waals surface area (Å²) in [5.74, 6) is 0.876. The van der Waals surface area contributed by atoms with E-state index in [4.69, 9.17) is 9.47 Å². The summed E-state index contributed by atoms with van der Waals surface area (Å²) in [6.07, 6.45) is 0.891. The molecule has 1 heterocycles. The molecule has 0 spiro atoms. The third-order valence-electron chi connectivity index (χ3n) is 4.55. The van der Waals surface area contributed by atoms with E-state index in [0.29, 0.717) is 13.2 Å². The zero-order chi connectivity index (χ0) is 19.1. The third kappa shape index (κ3) is 5.29. The Labute approximate surface area is 160 Å². The molecular weight excluding hydrogens is 348 g/mol. The topological polar surface area (TPSA) is 51.7 Å². The van der Waals surface area contributed by atoms with Crippen molar-refractivity contribution in [2.24, 2.45) is 0 Å². The Hall–Kier alpha value is -1.92. The summed E-state index contributed by atoms with van der Waals surface area (Å²) in [5, 5.41) is 2.90. The molecule has 2 rings (SSSR count). The Bertz CT molecular complexity index is 730. The van der Waals surface area contributed by atoms with Gasteiger partial charge in [0.1, 0.15) is 24.0 Å². The van der Waals surface area contributed by atoms with E-state index in [0.717, 1.165) is 28.4 Å². The minimum absolute atomic E-state index is 0.0111. The standard InChI is InChI=1S/C20H28N2O3S/c1-6-15(3)22(20(23)12-24-5)10-17-13-26-19(21-17)11-25-18-9-7-8-14(2)16(18)4/h7-9,13,15H,6,10-12H2,1-5H3. The fourth-order valence-electron chi connectivity index (χ4n) is 2.60. The van der Waals surface area contributed by atoms with E-state index in [9.17, 15) is 4.79 Å². The van der Waals surface area contributed by atoms with Gasteiger partial charge in [-0.2, -0.15) is 0 Å². The molecule has 142 valence electrons. The summed E-state index contributed by atoms with van der Waals surface area (Å²) in [4.78, 5) is 18.7. The number of rotatable bonds is 9. The summed E-state index contributed by atoms with van der Waals surface area (Å²) >= 11 is 1.56. The zero-order valence-corrected chi connectivity index (χ0v) is 17.1. The first-order chi connectivity index (χ1) is 12.5. The molecule has 1 amide bonds. The highest BCUT2D eigenvalue weighted by molar-refractivity contribution is 7.09. The van der Waals surface area contributed by atoms with Gasteiger partial charge in [-0.25, -0.2) is 4.98 Å². The normalized spacial score (nSPS) is 12.0. The lowest BCUT2D eigenvalue weighted by Crippen LogP contribution is -2.39. The minimum atomic E-state index is -0.0111. The predicted molar refractivity (Wildman–Crippen MR) is 105 cm³/mol. The van der Waals surface area contributed by atoms with E-state index in [2.05, 4.69) is 31.8 Å². The molecule has 6 heteroatoms. The molecule has 1 unspecified atom stereocenters. The monoisotopic (exact) mass is 376 g/mol. The van der Waals surface area contributed by atoms with Gasteiger partial charge in [0, 0.05) is 18.5 Å². The Morgan fingerprint density at radius 1 is 1.35 bits per heavy atom. The lowest BCUT2D eigenvalue weighted by Gasteiger charge is -2.27. The number of amides is 1. The Morgan fingerprint density at radius 3 is 2.81 bits per heavy atom. The van der Waals surface area contributed by atoms with E-state index >= 15 is 0 Å². The van der Waals surface area contributed by atoms with Gasteiger partial charge in [-0.3, -0.25) is 4.79 Å². The molecule has 26 heavy (non-hydrogen) atoms. The summed E-state index contributed by atoms with van der Waals surface area (Å²) in [6, 6.07) is 6.19. The fourth-order valence-corrected chi connectivity index (χ4v) is 3.30. The molecule has 0 saturated carbocycles. The number of thiazole rings is 1. The fraction of sp³-hybridized carbons (Fsp3) is 0.500. The number of methoxy groups -OCH3 is 1. The molecule has 0 fully saturated rings. The van der Waals surface area contributed by atoms with E-state index in [1.807, 2.05) is 29.3 Å². The minimum Gasteiger partial charge on any atom is -0.486 e. The van der Waals surface area contributed by atoms with Crippen LogP contribution in [-0.4, -0.2) is 35.5 Å². The van der Waals surface area contributed by atoms with Crippen molar-refractivity contribution in [1.82, 2.24) is 9.88 Å². The Morgan fingerprint density at radius 2 is 2.12 bits per heavy atom. The molecule has 0 aliphatic rings. The van der Waals surface area contributed by atoms with Gasteiger partial charge in [0.25, 0.3) is 0 Å². The van der Waals surface area contributed by atoms with Crippen molar-refractivity contribution in [3.63, 3.8) is 0 Å². The van der Waals surface area contributed by atoms with Crippen molar-refractivity contribution in [2.75, 3.05) is 13.7 Å². The zero-order valence-electron chi connectivity index (χ0n) is 16.2. The first-order valence-corrected chi connectivity index (χ1v) is 9.74. The average Bonchev–Trinajstić information content (AvgIpc) is 3.08. The summed E-state index contributed by atoms with van der Waals surface area (Å²) in [6.45, 7) is 9.28. The maximum atomic E-state index is 12.3. The molecule has 2 aromatic rings. The van der Waals surface area contributed by atoms with E-state index in [-0.39, 0.29) is 18.6 Å². The van der Waals surface area contributed by atoms with Crippen LogP contribution in [0.2, 0.25) is 0 Å². The molecule has 0 radical (unpaired) electrons. The van der Waals surface area contributed by atoms with Gasteiger partial charge in [0.2, 0.25) is 5.91 Å². The van der Waals surface area contributed by atoms with E-state index in [1.54, 1.807) is 11.3 Å². The largest absolute Gasteiger partial charge is 0.486 e. The molecular formula is C20H28N2O3S. The van der Waals surface area contributed by atoms with Crippen LogP contribution in [0, 0.1) is 13.8 Å². The van der Waals surface area contributed by atoms with Crippen molar-refractivity contribution in [3.8, 4) is 5.75 Å². The summed E-state index contributed by atoms with van der Waals surface area (Å²) in [5.41, 5.74) is 3.25. The van der Waals surface area contributed by atoms with Crippen molar-refractivity contribution in [3.05, 3.63) is 45.4 Å². The Balaban J connectivity index is 2.01. The molecule has 1 atom stereocenters. The lowest BCUT2D eigenvalue weighted by atomic mass is 10.1. The number of aryl methyl sites for hydroxylation is 1. The van der Waals surface area contributed by atoms with E-state index in [1.165, 1.54) is 12.7 Å². The maximum absolute atomic E-state index is 12.3. The molecule has 1 aromatic heterocycles. The van der Waals surface area contributed by atoms with Gasteiger partial charge in [-0.1, -0.05) is 19.1 Å². The Kier molecular flexibility index (Phi) is 7.60. The number of hydrogen-bond acceptors (Lipinski definition) is 5. The van der Waals surface area contributed by atoms with Gasteiger partial charge in [-0.15, -0.1) is 11.3 Å². The SMILES string of the molecule is CCC(C)N(Cc1csc(COc2cccc(C)c2C)n1)C(=O)COC. The second-order valence-electron chi connectivity index (χ2n) is 6.43. The van der Waals surface area contributed by atoms with Crippen molar-refractivity contribution < 1.29 is 14.3 Å². The number of nitrogens with zero attached hydrogens (tertiary/aromatic N) is 2. The summed E-state index contributed by atoms with van der Waals surface area (Å²) < 4.78 is 10.9. The van der Waals surface area contributed by atoms with Gasteiger partial charge >= 0.3 is 0 Å². The molecule has 5 nitrogen and oxygen atoms in total. The van der Waals surface area contributed by atoms with Crippen LogP contribution < -0.4 is 4.74 Å². The van der Waals surface area contributed by atoms with Crippen LogP contribution in [-0.2, 0) is 22.7 Å². The number of carbonyl (C=O) groups excluding carboxylic acids is 1. The van der Waals surface area contributed by atoms with Crippen LogP contribution in [0.25, 0.3) is 0 Å². The smallest absolute Gasteiger partial charge is 0.249 e. The highest BCUT2D eigenvalue weighted by Crippen LogP contribution is 2.23. The lowest BCUT2D eigenvalue weighted by molar-refractivity contribution is -0.138. The first-order valence-electron chi connectivity index (χ1n) is 8.86. The number of hydrogen-bond donors (Lipinski definition) is 0. The van der Waals surface area contributed by atoms with Gasteiger partial charge in [-0.05, 0) is 44.4 Å². The molecule has 0 N–H and O–H groups in total. The molecule has 0 aliphatic heterocycles. The van der Waals surface area contributed by atoms with E-state index < -0.39 is 0 Å². The highest BCUT2D eigenvalue weighted by atomic mass is 32.1.